The Morgan fingerprint density at radius 3 is 0.906 bits per heavy atom. The highest BCUT2D eigenvalue weighted by atomic mass is 19.4. The minimum absolute atomic E-state index is 0.0590. The summed E-state index contributed by atoms with van der Waals surface area (Å²) in [6.45, 7) is 33.0. The Hall–Kier alpha value is -13.0. The first-order valence-electron chi connectivity index (χ1n) is 25.8. The molecule has 0 fully saturated rings. The molecule has 2 heterocycles. The Bertz CT molecular complexity index is 4690. The molecular formula is C71H32F3N11. The van der Waals surface area contributed by atoms with Crippen LogP contribution in [0.2, 0.25) is 0 Å². The van der Waals surface area contributed by atoms with Gasteiger partial charge in [-0.05, 0) is 189 Å². The molecule has 0 N–H and O–H groups in total. The molecule has 0 unspecified atom stereocenters. The maximum absolute atomic E-state index is 15.0. The van der Waals surface area contributed by atoms with E-state index in [1.165, 1.54) is 24.3 Å². The van der Waals surface area contributed by atoms with Crippen LogP contribution >= 0.6 is 0 Å². The van der Waals surface area contributed by atoms with Gasteiger partial charge in [0.2, 0.25) is 0 Å². The molecule has 392 valence electrons. The van der Waals surface area contributed by atoms with Crippen LogP contribution in [0, 0.1) is 89.9 Å². The molecule has 0 atom stereocenters. The number of nitriles is 5. The molecule has 12 aromatic rings. The van der Waals surface area contributed by atoms with Gasteiger partial charge in [0, 0.05) is 43.8 Å². The van der Waals surface area contributed by atoms with E-state index in [-0.39, 0.29) is 73.1 Å². The van der Waals surface area contributed by atoms with E-state index in [1.54, 1.807) is 73.7 Å². The van der Waals surface area contributed by atoms with Gasteiger partial charge >= 0.3 is 6.18 Å². The molecule has 12 rings (SSSR count). The van der Waals surface area contributed by atoms with Crippen molar-refractivity contribution in [1.82, 2.24) is 9.13 Å². The van der Waals surface area contributed by atoms with Crippen LogP contribution in [0.25, 0.3) is 130 Å². The van der Waals surface area contributed by atoms with Gasteiger partial charge in [-0.2, -0.15) is 39.5 Å². The van der Waals surface area contributed by atoms with Gasteiger partial charge in [0.1, 0.15) is 11.6 Å². The summed E-state index contributed by atoms with van der Waals surface area (Å²) in [5, 5.41) is 55.1. The van der Waals surface area contributed by atoms with Crippen LogP contribution in [0.15, 0.2) is 176 Å². The molecule has 11 nitrogen and oxygen atoms in total. The molecule has 0 aliphatic heterocycles. The minimum Gasteiger partial charge on any atom is -0.308 e. The quantitative estimate of drug-likeness (QED) is 0.146. The summed E-state index contributed by atoms with van der Waals surface area (Å²) in [5.74, 6) is 0. The van der Waals surface area contributed by atoms with Gasteiger partial charge in [0.25, 0.3) is 0 Å². The van der Waals surface area contributed by atoms with Crippen molar-refractivity contribution in [2.45, 2.75) is 13.1 Å². The number of aromatic nitrogens is 2. The first-order valence-corrected chi connectivity index (χ1v) is 25.8. The second-order valence-electron chi connectivity index (χ2n) is 20.2. The van der Waals surface area contributed by atoms with Gasteiger partial charge in [0.15, 0.2) is 22.7 Å². The predicted molar refractivity (Wildman–Crippen MR) is 321 cm³/mol. The maximum Gasteiger partial charge on any atom is 0.416 e. The van der Waals surface area contributed by atoms with E-state index in [9.17, 15) is 39.5 Å². The van der Waals surface area contributed by atoms with Crippen molar-refractivity contribution in [1.29, 1.82) is 26.3 Å². The van der Waals surface area contributed by atoms with Crippen LogP contribution < -0.4 is 0 Å². The Morgan fingerprint density at radius 1 is 0.341 bits per heavy atom. The number of fused-ring (bicyclic) bond motifs is 6. The summed E-state index contributed by atoms with van der Waals surface area (Å²) >= 11 is 0. The third-order valence-corrected chi connectivity index (χ3v) is 15.0. The number of halogens is 3. The first-order chi connectivity index (χ1) is 41.1. The van der Waals surface area contributed by atoms with Gasteiger partial charge in [0.05, 0.1) is 89.6 Å². The summed E-state index contributed by atoms with van der Waals surface area (Å²) < 4.78 is 48.7. The molecule has 10 aromatic carbocycles. The molecule has 0 aliphatic rings. The van der Waals surface area contributed by atoms with Crippen LogP contribution in [-0.2, 0) is 6.18 Å². The molecule has 0 amide bonds. The molecule has 2 aromatic heterocycles. The first kappa shape index (κ1) is 52.7. The zero-order valence-corrected chi connectivity index (χ0v) is 44.3. The molecule has 0 aliphatic carbocycles. The van der Waals surface area contributed by atoms with Crippen molar-refractivity contribution in [3.05, 3.63) is 261 Å². The number of benzene rings is 10. The Labute approximate surface area is 483 Å². The Balaban J connectivity index is 1.27. The second-order valence-corrected chi connectivity index (χ2v) is 20.2. The summed E-state index contributed by atoms with van der Waals surface area (Å²) in [4.78, 5) is 14.5. The van der Waals surface area contributed by atoms with E-state index >= 15 is 0 Å². The highest BCUT2D eigenvalue weighted by molar-refractivity contribution is 6.13. The van der Waals surface area contributed by atoms with Crippen LogP contribution in [0.3, 0.4) is 0 Å². The molecule has 0 spiro atoms. The van der Waals surface area contributed by atoms with Gasteiger partial charge in [-0.3, -0.25) is 0 Å². The largest absolute Gasteiger partial charge is 0.416 e. The van der Waals surface area contributed by atoms with E-state index in [4.69, 9.17) is 26.3 Å². The smallest absolute Gasteiger partial charge is 0.308 e. The lowest BCUT2D eigenvalue weighted by Gasteiger charge is -2.20. The van der Waals surface area contributed by atoms with E-state index < -0.39 is 11.7 Å². The lowest BCUT2D eigenvalue weighted by Crippen LogP contribution is -2.07. The average Bonchev–Trinajstić information content (AvgIpc) is 1.82. The Kier molecular flexibility index (Phi) is 12.8. The lowest BCUT2D eigenvalue weighted by atomic mass is 9.96. The lowest BCUT2D eigenvalue weighted by molar-refractivity contribution is -0.137. The van der Waals surface area contributed by atoms with Crippen molar-refractivity contribution in [2.24, 2.45) is 0 Å². The number of hydrogen-bond acceptors (Lipinski definition) is 5. The van der Waals surface area contributed by atoms with Crippen molar-refractivity contribution >= 4 is 66.4 Å². The van der Waals surface area contributed by atoms with Crippen LogP contribution in [-0.4, -0.2) is 9.13 Å². The summed E-state index contributed by atoms with van der Waals surface area (Å²) in [6.07, 6.45) is -4.75. The highest BCUT2D eigenvalue weighted by Gasteiger charge is 2.32. The van der Waals surface area contributed by atoms with Crippen molar-refractivity contribution in [2.75, 3.05) is 0 Å². The van der Waals surface area contributed by atoms with Crippen LogP contribution in [0.1, 0.15) is 38.9 Å². The molecule has 0 saturated heterocycles. The highest BCUT2D eigenvalue weighted by Crippen LogP contribution is 2.45. The van der Waals surface area contributed by atoms with Crippen molar-refractivity contribution < 1.29 is 13.2 Å². The predicted octanol–water partition coefficient (Wildman–Crippen LogP) is 19.1. The number of hydrogen-bond donors (Lipinski definition) is 0. The number of alkyl halides is 3. The van der Waals surface area contributed by atoms with E-state index in [0.29, 0.717) is 93.7 Å². The van der Waals surface area contributed by atoms with Crippen LogP contribution in [0.5, 0.6) is 0 Å². The second kappa shape index (κ2) is 20.6. The molecule has 85 heavy (non-hydrogen) atoms. The topological polar surface area (TPSA) is 146 Å². The third kappa shape index (κ3) is 9.27. The van der Waals surface area contributed by atoms with Gasteiger partial charge in [-0.25, -0.2) is 19.4 Å². The van der Waals surface area contributed by atoms with E-state index in [0.717, 1.165) is 12.1 Å². The van der Waals surface area contributed by atoms with Crippen LogP contribution in [0.4, 0.5) is 35.9 Å². The molecule has 0 bridgehead atoms. The number of aryl methyl sites for hydroxylation is 1. The summed E-state index contributed by atoms with van der Waals surface area (Å²) in [5.41, 5.74) is 8.93. The fraction of sp³-hybridized carbons (Fsp3) is 0.0282. The van der Waals surface area contributed by atoms with Crippen molar-refractivity contribution in [3.8, 4) is 97.4 Å². The number of nitrogens with zero attached hydrogens (tertiary/aromatic N) is 11. The fourth-order valence-electron chi connectivity index (χ4n) is 11.3. The number of rotatable bonds is 7. The SMILES string of the molecule is [C-]#[N+]c1cc(C#N)cc(-c2ccc3c4ccc(-c5cc(C#N)cc([N+]#[C-])c5)cc4n(-c4cc(-c5cc(C)cc(C(F)(F)F)c5)cc(-n5c6cc(-c7cc(C#N)cc([N+]#[C-])c7)ccc6c6ccc(-c7cc(C#N)cc([N+]#[C-])c7)cc65)c4C#N)c3c2)c1. The monoisotopic (exact) mass is 1100 g/mol. The molecule has 14 heteroatoms. The summed E-state index contributed by atoms with van der Waals surface area (Å²) in [6, 6.07) is 59.9. The normalized spacial score (nSPS) is 11.0. The molecular weight excluding hydrogens is 1060 g/mol. The fourth-order valence-corrected chi connectivity index (χ4v) is 11.3. The van der Waals surface area contributed by atoms with Gasteiger partial charge < -0.3 is 9.13 Å². The van der Waals surface area contributed by atoms with Gasteiger partial charge in [-0.15, -0.1) is 0 Å². The van der Waals surface area contributed by atoms with E-state index in [2.05, 4.69) is 49.7 Å². The maximum atomic E-state index is 15.0. The average molecular weight is 1100 g/mol. The zero-order valence-electron chi connectivity index (χ0n) is 44.3. The van der Waals surface area contributed by atoms with E-state index in [1.807, 2.05) is 81.9 Å². The third-order valence-electron chi connectivity index (χ3n) is 15.0. The zero-order chi connectivity index (χ0) is 59.4. The Morgan fingerprint density at radius 2 is 0.635 bits per heavy atom. The standard InChI is InChI=1S/C71H32F3N11/c1-40-14-49(24-55(15-40)71(72,73)74)54-33-69(84-65-29-45(50-16-41(35-75)20-56(25-50)80-2)6-10-60(65)61-11-7-46(30-66(61)84)51-17-42(36-76)21-57(26-51)81-3)64(39-79)70(34-54)85-67-31-47(52-18-43(37-77)22-58(27-52)82-4)8-12-62(67)63-13-9-48(32-68(63)85)53-19-44(38-78)23-59(28-53)83-5/h6-34H,1H3. The molecule has 0 saturated carbocycles. The van der Waals surface area contributed by atoms with Gasteiger partial charge in [-0.1, -0.05) is 54.6 Å². The minimum atomic E-state index is -4.75. The molecule has 0 radical (unpaired) electrons. The summed E-state index contributed by atoms with van der Waals surface area (Å²) in [7, 11) is 0. The van der Waals surface area contributed by atoms with Crippen molar-refractivity contribution in [3.63, 3.8) is 0 Å².